The Morgan fingerprint density at radius 1 is 0.789 bits per heavy atom. The molecule has 0 atom stereocenters. The monoisotopic (exact) mass is 316 g/mol. The van der Waals surface area contributed by atoms with E-state index in [4.69, 9.17) is 8.42 Å². The highest BCUT2D eigenvalue weighted by Gasteiger charge is 1.88. The Hall–Kier alpha value is -1.29. The molecule has 0 fully saturated rings. The molecule has 0 saturated carbocycles. The van der Waals surface area contributed by atoms with E-state index in [2.05, 4.69) is 27.9 Å². The minimum absolute atomic E-state index is 1.17. The van der Waals surface area contributed by atoms with E-state index in [0.29, 0.717) is 0 Å². The second kappa shape index (κ2) is 10.6. The Balaban J connectivity index is 0.000000265. The van der Waals surface area contributed by atoms with E-state index >= 15 is 0 Å². The summed E-state index contributed by atoms with van der Waals surface area (Å²) in [5, 5.41) is 0. The molecule has 0 spiro atoms. The van der Waals surface area contributed by atoms with Gasteiger partial charge in [0.15, 0.2) is 0 Å². The van der Waals surface area contributed by atoms with E-state index in [1.54, 1.807) is 0 Å². The third-order valence-corrected chi connectivity index (χ3v) is 1.70. The molecule has 0 N–H and O–H groups in total. The highest BCUT2D eigenvalue weighted by Crippen LogP contribution is 1.98. The van der Waals surface area contributed by atoms with Crippen molar-refractivity contribution in [1.29, 1.82) is 0 Å². The van der Waals surface area contributed by atoms with E-state index in [1.807, 2.05) is 72.8 Å². The van der Waals surface area contributed by atoms with Gasteiger partial charge in [0.2, 0.25) is 0 Å². The Labute approximate surface area is 123 Å². The van der Waals surface area contributed by atoms with Crippen molar-refractivity contribution in [1.82, 2.24) is 0 Å². The average Bonchev–Trinajstić information content (AvgIpc) is 2.40. The van der Waals surface area contributed by atoms with Gasteiger partial charge in [-0.2, -0.15) is 8.42 Å². The van der Waals surface area contributed by atoms with Crippen LogP contribution in [0.4, 0.5) is 0 Å². The smallest absolute Gasteiger partial charge is 0.195 e. The molecular formula is C14H14Cl2O2S. The molecule has 0 radical (unpaired) electrons. The fraction of sp³-hybridized carbons (Fsp3) is 0. The molecule has 2 nitrogen and oxygen atoms in total. The van der Waals surface area contributed by atoms with Crippen molar-refractivity contribution in [3.05, 3.63) is 78.9 Å². The SMILES string of the molecule is C=Cc1ccccc1.O=S(=O)(Cl)Cl.c1ccccc1. The maximum absolute atomic E-state index is 9.16. The van der Waals surface area contributed by atoms with Crippen molar-refractivity contribution in [2.75, 3.05) is 0 Å². The van der Waals surface area contributed by atoms with Crippen LogP contribution in [0.2, 0.25) is 0 Å². The Kier molecular flexibility index (Phi) is 9.90. The van der Waals surface area contributed by atoms with Gasteiger partial charge in [-0.25, -0.2) is 0 Å². The van der Waals surface area contributed by atoms with Gasteiger partial charge in [-0.15, -0.1) is 0 Å². The van der Waals surface area contributed by atoms with Gasteiger partial charge in [-0.3, -0.25) is 0 Å². The summed E-state index contributed by atoms with van der Waals surface area (Å²) < 4.78 is 18.3. The molecule has 0 aliphatic heterocycles. The summed E-state index contributed by atoms with van der Waals surface area (Å²) >= 11 is 0. The van der Waals surface area contributed by atoms with E-state index in [-0.39, 0.29) is 0 Å². The van der Waals surface area contributed by atoms with Crippen LogP contribution in [0.25, 0.3) is 6.08 Å². The summed E-state index contributed by atoms with van der Waals surface area (Å²) in [5.41, 5.74) is 1.17. The van der Waals surface area contributed by atoms with E-state index in [9.17, 15) is 0 Å². The van der Waals surface area contributed by atoms with Crippen LogP contribution in [-0.2, 0) is 8.26 Å². The van der Waals surface area contributed by atoms with Crippen LogP contribution in [-0.4, -0.2) is 8.42 Å². The maximum Gasteiger partial charge on any atom is 0.317 e. The lowest BCUT2D eigenvalue weighted by Crippen LogP contribution is -1.63. The number of benzene rings is 2. The van der Waals surface area contributed by atoms with Gasteiger partial charge >= 0.3 is 8.26 Å². The molecule has 0 aromatic heterocycles. The van der Waals surface area contributed by atoms with Gasteiger partial charge in [-0.1, -0.05) is 79.4 Å². The second-order valence-electron chi connectivity index (χ2n) is 3.15. The molecule has 19 heavy (non-hydrogen) atoms. The molecule has 102 valence electrons. The van der Waals surface area contributed by atoms with Crippen LogP contribution >= 0.6 is 21.4 Å². The number of hydrogen-bond acceptors (Lipinski definition) is 2. The van der Waals surface area contributed by atoms with Gasteiger partial charge in [-0.05, 0) is 5.56 Å². The van der Waals surface area contributed by atoms with Gasteiger partial charge < -0.3 is 0 Å². The van der Waals surface area contributed by atoms with Crippen LogP contribution < -0.4 is 0 Å². The van der Waals surface area contributed by atoms with Crippen molar-refractivity contribution in [3.63, 3.8) is 0 Å². The van der Waals surface area contributed by atoms with Crippen LogP contribution in [0.1, 0.15) is 5.56 Å². The van der Waals surface area contributed by atoms with Crippen molar-refractivity contribution in [2.45, 2.75) is 0 Å². The van der Waals surface area contributed by atoms with Gasteiger partial charge in [0.05, 0.1) is 0 Å². The first kappa shape index (κ1) is 17.7. The van der Waals surface area contributed by atoms with Crippen LogP contribution in [0.5, 0.6) is 0 Å². The van der Waals surface area contributed by atoms with Crippen molar-refractivity contribution < 1.29 is 8.42 Å². The molecule has 0 unspecified atom stereocenters. The summed E-state index contributed by atoms with van der Waals surface area (Å²) in [5.74, 6) is 0. The minimum atomic E-state index is -3.72. The molecule has 0 aliphatic rings. The lowest BCUT2D eigenvalue weighted by Gasteiger charge is -1.85. The normalized spacial score (nSPS) is 9.16. The average molecular weight is 317 g/mol. The molecule has 0 saturated heterocycles. The van der Waals surface area contributed by atoms with Gasteiger partial charge in [0, 0.05) is 21.4 Å². The third kappa shape index (κ3) is 16.7. The van der Waals surface area contributed by atoms with E-state index in [0.717, 1.165) is 0 Å². The first-order chi connectivity index (χ1) is 8.93. The molecule has 0 heterocycles. The lowest BCUT2D eigenvalue weighted by atomic mass is 10.2. The number of rotatable bonds is 1. The standard InChI is InChI=1S/C8H8.C6H6.Cl2O2S/c1-2-8-6-4-3-5-7-8;1-2-4-6-5-3-1;1-5(2,3)4/h2-7H,1H2;1-6H;. The van der Waals surface area contributed by atoms with Gasteiger partial charge in [0.1, 0.15) is 0 Å². The third-order valence-electron chi connectivity index (χ3n) is 1.70. The van der Waals surface area contributed by atoms with Crippen LogP contribution in [0.15, 0.2) is 73.3 Å². The minimum Gasteiger partial charge on any atom is -0.195 e. The fourth-order valence-corrected chi connectivity index (χ4v) is 0.974. The van der Waals surface area contributed by atoms with E-state index in [1.165, 1.54) is 5.56 Å². The van der Waals surface area contributed by atoms with Crippen molar-refractivity contribution in [2.24, 2.45) is 0 Å². The van der Waals surface area contributed by atoms with Crippen LogP contribution in [0, 0.1) is 0 Å². The number of hydrogen-bond donors (Lipinski definition) is 0. The van der Waals surface area contributed by atoms with Gasteiger partial charge in [0.25, 0.3) is 0 Å². The summed E-state index contributed by atoms with van der Waals surface area (Å²) in [6.07, 6.45) is 1.83. The zero-order valence-electron chi connectivity index (χ0n) is 10.1. The highest BCUT2D eigenvalue weighted by molar-refractivity contribution is 8.31. The first-order valence-corrected chi connectivity index (χ1v) is 8.39. The van der Waals surface area contributed by atoms with Crippen molar-refractivity contribution >= 4 is 35.7 Å². The largest absolute Gasteiger partial charge is 0.317 e. The summed E-state index contributed by atoms with van der Waals surface area (Å²) in [7, 11) is 4.81. The molecule has 2 aromatic rings. The quantitative estimate of drug-likeness (QED) is 0.713. The Morgan fingerprint density at radius 2 is 1.05 bits per heavy atom. The molecule has 2 aromatic carbocycles. The summed E-state index contributed by atoms with van der Waals surface area (Å²) in [4.78, 5) is 0. The van der Waals surface area contributed by atoms with E-state index < -0.39 is 8.26 Å². The number of halogens is 2. The van der Waals surface area contributed by atoms with Crippen molar-refractivity contribution in [3.8, 4) is 0 Å². The highest BCUT2D eigenvalue weighted by atomic mass is 36.0. The Bertz CT molecular complexity index is 505. The summed E-state index contributed by atoms with van der Waals surface area (Å²) in [6.45, 7) is 3.63. The molecule has 2 rings (SSSR count). The summed E-state index contributed by atoms with van der Waals surface area (Å²) in [6, 6.07) is 22.0. The topological polar surface area (TPSA) is 34.1 Å². The molecule has 0 bridgehead atoms. The Morgan fingerprint density at radius 3 is 1.26 bits per heavy atom. The fourth-order valence-electron chi connectivity index (χ4n) is 0.974. The first-order valence-electron chi connectivity index (χ1n) is 5.25. The second-order valence-corrected chi connectivity index (χ2v) is 6.82. The molecule has 5 heteroatoms. The predicted octanol–water partition coefficient (Wildman–Crippen LogP) is 4.73. The molecular weight excluding hydrogens is 303 g/mol. The lowest BCUT2D eigenvalue weighted by molar-refractivity contribution is 0.621. The maximum atomic E-state index is 9.16. The zero-order chi connectivity index (χ0) is 14.6. The van der Waals surface area contributed by atoms with Crippen LogP contribution in [0.3, 0.4) is 0 Å². The molecule has 0 amide bonds. The zero-order valence-corrected chi connectivity index (χ0v) is 12.4. The molecule has 0 aliphatic carbocycles. The predicted molar refractivity (Wildman–Crippen MR) is 83.6 cm³/mol.